The second-order valence-electron chi connectivity index (χ2n) is 10.3. The summed E-state index contributed by atoms with van der Waals surface area (Å²) >= 11 is 0. The number of aliphatic hydroxyl groups excluding tert-OH is 2. The number of fused-ring (bicyclic) bond motifs is 3. The molecule has 0 heterocycles. The number of rotatable bonds is 5. The van der Waals surface area contributed by atoms with Crippen LogP contribution >= 0.6 is 0 Å². The molecule has 5 heteroatoms. The van der Waals surface area contributed by atoms with Crippen LogP contribution in [0.3, 0.4) is 0 Å². The van der Waals surface area contributed by atoms with Gasteiger partial charge in [0.05, 0.1) is 18.3 Å². The lowest BCUT2D eigenvalue weighted by Gasteiger charge is -2.52. The minimum absolute atomic E-state index is 0.0828. The van der Waals surface area contributed by atoms with Gasteiger partial charge in [-0.05, 0) is 62.1 Å². The molecule has 0 spiro atoms. The van der Waals surface area contributed by atoms with Crippen LogP contribution in [0.15, 0.2) is 53.1 Å². The zero-order valence-electron chi connectivity index (χ0n) is 19.2. The van der Waals surface area contributed by atoms with Crippen molar-refractivity contribution in [1.82, 2.24) is 0 Å². The molecule has 1 fully saturated rings. The predicted molar refractivity (Wildman–Crippen MR) is 122 cm³/mol. The molecule has 4 rings (SSSR count). The first kappa shape index (κ1) is 22.9. The highest BCUT2D eigenvalue weighted by atomic mass is 16.5. The van der Waals surface area contributed by atoms with Crippen LogP contribution in [0.4, 0.5) is 0 Å². The number of aldehydes is 1. The number of aliphatic hydroxyl groups is 2. The Labute approximate surface area is 190 Å². The van der Waals surface area contributed by atoms with E-state index in [4.69, 9.17) is 4.74 Å². The van der Waals surface area contributed by atoms with Gasteiger partial charge < -0.3 is 14.9 Å². The first-order chi connectivity index (χ1) is 15.3. The van der Waals surface area contributed by atoms with Gasteiger partial charge in [0.25, 0.3) is 0 Å². The van der Waals surface area contributed by atoms with Gasteiger partial charge in [0, 0.05) is 16.4 Å². The average molecular weight is 439 g/mol. The Morgan fingerprint density at radius 1 is 1.22 bits per heavy atom. The summed E-state index contributed by atoms with van der Waals surface area (Å²) in [7, 11) is 0. The van der Waals surface area contributed by atoms with Gasteiger partial charge in [0.15, 0.2) is 0 Å². The molecule has 0 amide bonds. The van der Waals surface area contributed by atoms with E-state index in [-0.39, 0.29) is 17.9 Å². The maximum Gasteiger partial charge on any atom is 0.338 e. The van der Waals surface area contributed by atoms with E-state index in [9.17, 15) is 19.8 Å². The fourth-order valence-electron chi connectivity index (χ4n) is 6.27. The van der Waals surface area contributed by atoms with Crippen molar-refractivity contribution in [1.29, 1.82) is 0 Å². The summed E-state index contributed by atoms with van der Waals surface area (Å²) in [6, 6.07) is 8.76. The highest BCUT2D eigenvalue weighted by Crippen LogP contribution is 2.63. The zero-order valence-corrected chi connectivity index (χ0v) is 19.2. The molecule has 1 aromatic carbocycles. The summed E-state index contributed by atoms with van der Waals surface area (Å²) < 4.78 is 5.88. The molecule has 1 aromatic rings. The van der Waals surface area contributed by atoms with Crippen LogP contribution in [-0.2, 0) is 9.53 Å². The molecule has 0 radical (unpaired) electrons. The highest BCUT2D eigenvalue weighted by Gasteiger charge is 2.57. The van der Waals surface area contributed by atoms with Gasteiger partial charge in [-0.3, -0.25) is 4.79 Å². The Hall–Kier alpha value is -2.24. The summed E-state index contributed by atoms with van der Waals surface area (Å²) in [5.41, 5.74) is 2.58. The zero-order chi connectivity index (χ0) is 23.1. The van der Waals surface area contributed by atoms with Crippen molar-refractivity contribution < 1.29 is 24.5 Å². The van der Waals surface area contributed by atoms with Gasteiger partial charge in [0.2, 0.25) is 0 Å². The molecular weight excluding hydrogens is 404 g/mol. The Morgan fingerprint density at radius 2 is 1.94 bits per heavy atom. The van der Waals surface area contributed by atoms with Crippen LogP contribution in [0, 0.1) is 22.7 Å². The molecule has 0 saturated heterocycles. The molecule has 5 atom stereocenters. The van der Waals surface area contributed by atoms with Crippen molar-refractivity contribution in [2.24, 2.45) is 22.7 Å². The summed E-state index contributed by atoms with van der Waals surface area (Å²) in [5.74, 6) is -0.222. The lowest BCUT2D eigenvalue weighted by atomic mass is 9.54. The van der Waals surface area contributed by atoms with Gasteiger partial charge >= 0.3 is 5.97 Å². The third-order valence-corrected chi connectivity index (χ3v) is 8.32. The van der Waals surface area contributed by atoms with E-state index in [1.54, 1.807) is 30.3 Å². The molecule has 1 saturated carbocycles. The SMILES string of the molecule is CC(C)C1=C2C3C[C@@H](OC(=O)c4ccccc4)C(C=O)=C[C@H](O)[C@]3(C)CC[C@@]2(CO)CC1. The van der Waals surface area contributed by atoms with Gasteiger partial charge in [-0.25, -0.2) is 4.79 Å². The number of carbonyl (C=O) groups excluding carboxylic acids is 2. The van der Waals surface area contributed by atoms with Gasteiger partial charge in [0.1, 0.15) is 12.4 Å². The Kier molecular flexibility index (Phi) is 6.17. The van der Waals surface area contributed by atoms with E-state index >= 15 is 0 Å². The molecule has 32 heavy (non-hydrogen) atoms. The first-order valence-electron chi connectivity index (χ1n) is 11.7. The van der Waals surface area contributed by atoms with Crippen molar-refractivity contribution in [3.05, 3.63) is 58.7 Å². The molecule has 3 aliphatic carbocycles. The van der Waals surface area contributed by atoms with E-state index in [0.717, 1.165) is 25.7 Å². The third kappa shape index (κ3) is 3.65. The van der Waals surface area contributed by atoms with Crippen LogP contribution in [0.2, 0.25) is 0 Å². The fourth-order valence-corrected chi connectivity index (χ4v) is 6.27. The van der Waals surface area contributed by atoms with Gasteiger partial charge in [-0.1, -0.05) is 50.1 Å². The average Bonchev–Trinajstić information content (AvgIpc) is 3.15. The predicted octanol–water partition coefficient (Wildman–Crippen LogP) is 4.24. The topological polar surface area (TPSA) is 83.8 Å². The van der Waals surface area contributed by atoms with E-state index in [1.807, 2.05) is 6.07 Å². The van der Waals surface area contributed by atoms with Gasteiger partial charge in [-0.15, -0.1) is 0 Å². The molecule has 0 bridgehead atoms. The molecule has 1 unspecified atom stereocenters. The lowest BCUT2D eigenvalue weighted by molar-refractivity contribution is -0.105. The second-order valence-corrected chi connectivity index (χ2v) is 10.3. The minimum Gasteiger partial charge on any atom is -0.454 e. The number of hydrogen-bond acceptors (Lipinski definition) is 5. The third-order valence-electron chi connectivity index (χ3n) is 8.32. The van der Waals surface area contributed by atoms with E-state index in [2.05, 4.69) is 20.8 Å². The summed E-state index contributed by atoms with van der Waals surface area (Å²) in [5, 5.41) is 21.7. The Morgan fingerprint density at radius 3 is 2.56 bits per heavy atom. The lowest BCUT2D eigenvalue weighted by Crippen LogP contribution is -2.48. The number of allylic oxidation sites excluding steroid dienone is 1. The highest BCUT2D eigenvalue weighted by molar-refractivity contribution is 5.90. The van der Waals surface area contributed by atoms with Crippen molar-refractivity contribution in [3.63, 3.8) is 0 Å². The number of esters is 1. The van der Waals surface area contributed by atoms with E-state index < -0.39 is 23.6 Å². The Balaban J connectivity index is 1.77. The van der Waals surface area contributed by atoms with Crippen LogP contribution < -0.4 is 0 Å². The number of carbonyl (C=O) groups is 2. The molecular formula is C27H34O5. The molecule has 2 N–H and O–H groups in total. The summed E-state index contributed by atoms with van der Waals surface area (Å²) in [4.78, 5) is 24.8. The largest absolute Gasteiger partial charge is 0.454 e. The van der Waals surface area contributed by atoms with Crippen LogP contribution in [-0.4, -0.2) is 41.3 Å². The standard InChI is InChI=1S/C27H34O5/c1-17(2)20-9-10-27(16-29)12-11-26(3)21(24(20)27)14-22(19(15-28)13-23(26)30)32-25(31)18-7-5-4-6-8-18/h4-8,13,15,17,21-23,29-30H,9-12,14,16H2,1-3H3/t21?,22-,23+,26-,27-/m1/s1. The Bertz CT molecular complexity index is 946. The van der Waals surface area contributed by atoms with Crippen molar-refractivity contribution >= 4 is 12.3 Å². The molecule has 3 aliphatic rings. The summed E-state index contributed by atoms with van der Waals surface area (Å²) in [6.07, 6.45) is 4.59. The van der Waals surface area contributed by atoms with Crippen LogP contribution in [0.1, 0.15) is 63.2 Å². The van der Waals surface area contributed by atoms with Crippen LogP contribution in [0.5, 0.6) is 0 Å². The normalized spacial score (nSPS) is 34.4. The minimum atomic E-state index is -0.827. The van der Waals surface area contributed by atoms with E-state index in [0.29, 0.717) is 29.8 Å². The maximum atomic E-state index is 12.8. The number of benzene rings is 1. The maximum absolute atomic E-state index is 12.8. The first-order valence-corrected chi connectivity index (χ1v) is 11.7. The molecule has 5 nitrogen and oxygen atoms in total. The van der Waals surface area contributed by atoms with Crippen molar-refractivity contribution in [3.8, 4) is 0 Å². The molecule has 0 aromatic heterocycles. The quantitative estimate of drug-likeness (QED) is 0.408. The molecule has 0 aliphatic heterocycles. The van der Waals surface area contributed by atoms with Crippen LogP contribution in [0.25, 0.3) is 0 Å². The monoisotopic (exact) mass is 438 g/mol. The summed E-state index contributed by atoms with van der Waals surface area (Å²) in [6.45, 7) is 6.52. The molecule has 172 valence electrons. The number of ether oxygens (including phenoxy) is 1. The smallest absolute Gasteiger partial charge is 0.338 e. The fraction of sp³-hybridized carbons (Fsp3) is 0.556. The second kappa shape index (κ2) is 8.60. The van der Waals surface area contributed by atoms with E-state index in [1.165, 1.54) is 11.1 Å². The number of hydrogen-bond donors (Lipinski definition) is 2. The van der Waals surface area contributed by atoms with Crippen molar-refractivity contribution in [2.75, 3.05) is 6.61 Å². The van der Waals surface area contributed by atoms with Crippen molar-refractivity contribution in [2.45, 2.75) is 65.1 Å². The van der Waals surface area contributed by atoms with Gasteiger partial charge in [-0.2, -0.15) is 0 Å².